The molecule has 0 radical (unpaired) electrons. The van der Waals surface area contributed by atoms with Gasteiger partial charge in [0.25, 0.3) is 0 Å². The number of aliphatic hydroxyl groups excluding tert-OH is 1. The Kier molecular flexibility index (Phi) is 6.95. The van der Waals surface area contributed by atoms with Gasteiger partial charge in [0.15, 0.2) is 0 Å². The van der Waals surface area contributed by atoms with Crippen LogP contribution in [-0.4, -0.2) is 29.1 Å². The number of carbonyl (C=O) groups excluding carboxylic acids is 2. The van der Waals surface area contributed by atoms with Gasteiger partial charge >= 0.3 is 103 Å². The van der Waals surface area contributed by atoms with E-state index in [4.69, 9.17) is 5.11 Å². The maximum absolute atomic E-state index is 11.1. The summed E-state index contributed by atoms with van der Waals surface area (Å²) in [5, 5.41) is 8.98. The van der Waals surface area contributed by atoms with E-state index in [1.165, 1.54) is 4.40 Å². The molecule has 0 aromatic heterocycles. The zero-order valence-electron chi connectivity index (χ0n) is 5.77. The summed E-state index contributed by atoms with van der Waals surface area (Å²) in [6, 6.07) is 0. The van der Waals surface area contributed by atoms with Gasteiger partial charge in [-0.05, 0) is 0 Å². The zero-order chi connectivity index (χ0) is 9.72. The molecule has 0 unspecified atom stereocenters. The SMILES string of the molecule is O=C([CH]=[W])CC(=O)[C](=[W])[C](O)=[W]. The van der Waals surface area contributed by atoms with Gasteiger partial charge in [0.2, 0.25) is 0 Å². The molecular formula is C6H4O3W3. The van der Waals surface area contributed by atoms with Crippen molar-refractivity contribution in [3.63, 3.8) is 0 Å². The number of rotatable bonds is 5. The summed E-state index contributed by atoms with van der Waals surface area (Å²) in [4.78, 5) is 21.9. The number of hydrogen-bond acceptors (Lipinski definition) is 3. The van der Waals surface area contributed by atoms with E-state index in [2.05, 4.69) is 0 Å². The molecule has 12 heavy (non-hydrogen) atoms. The molecule has 0 saturated heterocycles. The first-order valence-electron chi connectivity index (χ1n) is 2.77. The van der Waals surface area contributed by atoms with Crippen LogP contribution < -0.4 is 0 Å². The van der Waals surface area contributed by atoms with Crippen molar-refractivity contribution in [3.8, 4) is 0 Å². The third-order valence-corrected chi connectivity index (χ3v) is 6.12. The number of hydrogen-bond donors (Lipinski definition) is 1. The molecule has 0 spiro atoms. The number of carbonyl (C=O) groups is 2. The second-order valence-corrected chi connectivity index (χ2v) is 5.52. The van der Waals surface area contributed by atoms with Gasteiger partial charge in [0.05, 0.1) is 0 Å². The summed E-state index contributed by atoms with van der Waals surface area (Å²) in [6.07, 6.45) is -0.0975. The van der Waals surface area contributed by atoms with E-state index in [9.17, 15) is 9.59 Å². The first kappa shape index (κ1) is 13.0. The number of ketones is 2. The maximum atomic E-state index is 11.1. The van der Waals surface area contributed by atoms with Crippen molar-refractivity contribution in [2.45, 2.75) is 6.42 Å². The topological polar surface area (TPSA) is 54.4 Å². The van der Waals surface area contributed by atoms with Crippen LogP contribution in [0, 0.1) is 0 Å². The molecule has 0 heterocycles. The first-order valence-corrected chi connectivity index (χ1v) is 7.40. The Morgan fingerprint density at radius 3 is 2.17 bits per heavy atom. The molecule has 0 aromatic carbocycles. The quantitative estimate of drug-likeness (QED) is 0.367. The van der Waals surface area contributed by atoms with Crippen molar-refractivity contribution in [3.05, 3.63) is 0 Å². The van der Waals surface area contributed by atoms with E-state index in [-0.39, 0.29) is 22.1 Å². The fourth-order valence-electron chi connectivity index (χ4n) is 0.399. The van der Waals surface area contributed by atoms with Crippen LogP contribution in [0.25, 0.3) is 0 Å². The molecular weight excluding hydrogens is 672 g/mol. The van der Waals surface area contributed by atoms with Crippen LogP contribution in [0.1, 0.15) is 6.42 Å². The van der Waals surface area contributed by atoms with Crippen LogP contribution >= 0.6 is 0 Å². The standard InChI is InChI=1S/C6H4O3.3W/c1-5(8)4-6(9)2-3-7;;;/h1,7H,4H2;;;. The Bertz CT molecular complexity index is 269. The van der Waals surface area contributed by atoms with Crippen LogP contribution in [0.15, 0.2) is 0 Å². The molecule has 0 aliphatic carbocycles. The monoisotopic (exact) mass is 676 g/mol. The van der Waals surface area contributed by atoms with Crippen molar-refractivity contribution in [1.29, 1.82) is 0 Å². The van der Waals surface area contributed by atoms with Gasteiger partial charge in [-0.2, -0.15) is 0 Å². The number of Topliss-reactive ketones (excluding diaryl/α,β-unsaturated/α-hetero) is 2. The van der Waals surface area contributed by atoms with Crippen molar-refractivity contribution >= 4 is 23.9 Å². The molecule has 0 aliphatic rings. The summed E-state index contributed by atoms with van der Waals surface area (Å²) in [5.41, 5.74) is 0. The number of aliphatic hydroxyl groups is 1. The molecule has 0 amide bonds. The van der Waals surface area contributed by atoms with E-state index in [1.807, 2.05) is 0 Å². The van der Waals surface area contributed by atoms with Crippen molar-refractivity contribution in [2.24, 2.45) is 0 Å². The minimum absolute atomic E-state index is 0.0975. The second-order valence-electron chi connectivity index (χ2n) is 1.82. The summed E-state index contributed by atoms with van der Waals surface area (Å²) >= 11 is 2.82. The Balaban J connectivity index is 4.23. The summed E-state index contributed by atoms with van der Waals surface area (Å²) in [7, 11) is 0. The molecule has 1 N–H and O–H groups in total. The average Bonchev–Trinajstić information content (AvgIpc) is 2.02. The fourth-order valence-corrected chi connectivity index (χ4v) is 1.37. The Labute approximate surface area is 102 Å². The van der Waals surface area contributed by atoms with Crippen LogP contribution in [0.5, 0.6) is 0 Å². The van der Waals surface area contributed by atoms with Gasteiger partial charge in [-0.15, -0.1) is 0 Å². The predicted molar refractivity (Wildman–Crippen MR) is 32.6 cm³/mol. The normalized spacial score (nSPS) is 8.75. The minimum atomic E-state index is -0.250. The Morgan fingerprint density at radius 1 is 1.33 bits per heavy atom. The van der Waals surface area contributed by atoms with Gasteiger partial charge in [0.1, 0.15) is 0 Å². The molecule has 3 nitrogen and oxygen atoms in total. The molecule has 0 aromatic rings. The van der Waals surface area contributed by atoms with Gasteiger partial charge in [-0.3, -0.25) is 0 Å². The van der Waals surface area contributed by atoms with Gasteiger partial charge in [-0.25, -0.2) is 0 Å². The van der Waals surface area contributed by atoms with Crippen LogP contribution in [0.4, 0.5) is 0 Å². The Hall–Kier alpha value is 0.975. The van der Waals surface area contributed by atoms with Gasteiger partial charge < -0.3 is 0 Å². The van der Waals surface area contributed by atoms with Crippen LogP contribution in [0.3, 0.4) is 0 Å². The third-order valence-electron chi connectivity index (χ3n) is 0.914. The molecule has 64 valence electrons. The van der Waals surface area contributed by atoms with E-state index in [1.54, 1.807) is 0 Å². The Morgan fingerprint density at radius 2 is 1.83 bits per heavy atom. The zero-order valence-corrected chi connectivity index (χ0v) is 14.6. The average molecular weight is 676 g/mol. The van der Waals surface area contributed by atoms with E-state index < -0.39 is 0 Å². The molecule has 0 saturated carbocycles. The van der Waals surface area contributed by atoms with E-state index in [0.29, 0.717) is 3.90 Å². The fraction of sp³-hybridized carbons (Fsp3) is 0.167. The van der Waals surface area contributed by atoms with Gasteiger partial charge in [0, 0.05) is 0 Å². The molecule has 0 fully saturated rings. The first-order chi connectivity index (χ1) is 5.49. The molecule has 6 heteroatoms. The molecule has 0 atom stereocenters. The summed E-state index contributed by atoms with van der Waals surface area (Å²) in [6.45, 7) is 0. The van der Waals surface area contributed by atoms with Crippen LogP contribution in [-0.2, 0) is 67.6 Å². The summed E-state index contributed by atoms with van der Waals surface area (Å²) in [5.74, 6) is -0.412. The van der Waals surface area contributed by atoms with Crippen molar-refractivity contribution < 1.29 is 72.8 Å². The van der Waals surface area contributed by atoms with Crippen molar-refractivity contribution in [1.82, 2.24) is 0 Å². The second kappa shape index (κ2) is 6.43. The molecule has 0 bridgehead atoms. The third kappa shape index (κ3) is 4.87. The van der Waals surface area contributed by atoms with Crippen LogP contribution in [0.2, 0.25) is 0 Å². The van der Waals surface area contributed by atoms with E-state index >= 15 is 0 Å². The van der Waals surface area contributed by atoms with Gasteiger partial charge in [-0.1, -0.05) is 0 Å². The van der Waals surface area contributed by atoms with Crippen molar-refractivity contribution in [2.75, 3.05) is 0 Å². The predicted octanol–water partition coefficient (Wildman–Crippen LogP) is -1.37. The van der Waals surface area contributed by atoms with E-state index in [0.717, 1.165) is 58.1 Å². The molecule has 0 aliphatic heterocycles. The molecule has 0 rings (SSSR count). The summed E-state index contributed by atoms with van der Waals surface area (Å²) < 4.78 is 1.93.